The zero-order valence-corrected chi connectivity index (χ0v) is 23.9. The van der Waals surface area contributed by atoms with Crippen molar-refractivity contribution in [2.75, 3.05) is 26.7 Å². The van der Waals surface area contributed by atoms with Gasteiger partial charge in [0.1, 0.15) is 5.75 Å². The van der Waals surface area contributed by atoms with Gasteiger partial charge in [-0.3, -0.25) is 4.79 Å². The fourth-order valence-corrected chi connectivity index (χ4v) is 5.46. The minimum Gasteiger partial charge on any atom is -0.497 e. The van der Waals surface area contributed by atoms with E-state index in [1.807, 2.05) is 18.2 Å². The Morgan fingerprint density at radius 3 is 2.33 bits per heavy atom. The summed E-state index contributed by atoms with van der Waals surface area (Å²) in [7, 11) is 1.68. The topological polar surface area (TPSA) is 46.5 Å². The van der Waals surface area contributed by atoms with Gasteiger partial charge in [-0.15, -0.1) is 0 Å². The lowest BCUT2D eigenvalue weighted by Gasteiger charge is -2.21. The first-order chi connectivity index (χ1) is 19.0. The SMILES string of the molecule is CCN(CC)CCC[C@@H](C)NC(=O)C[C@H](c1ccc(OC)cc1)c1cn(Cc2ccccc2)c2ccccc12. The molecule has 0 spiro atoms. The molecule has 4 rings (SSSR count). The molecule has 206 valence electrons. The third kappa shape index (κ3) is 7.51. The molecule has 5 heteroatoms. The van der Waals surface area contributed by atoms with E-state index in [0.29, 0.717) is 6.42 Å². The van der Waals surface area contributed by atoms with Crippen molar-refractivity contribution in [1.29, 1.82) is 0 Å². The molecule has 0 aliphatic heterocycles. The Kier molecular flexibility index (Phi) is 10.2. The second-order valence-electron chi connectivity index (χ2n) is 10.4. The summed E-state index contributed by atoms with van der Waals surface area (Å²) in [5, 5.41) is 4.48. The monoisotopic (exact) mass is 525 g/mol. The Morgan fingerprint density at radius 2 is 1.64 bits per heavy atom. The summed E-state index contributed by atoms with van der Waals surface area (Å²) in [5.74, 6) is 0.835. The molecule has 1 N–H and O–H groups in total. The number of hydrogen-bond donors (Lipinski definition) is 1. The second kappa shape index (κ2) is 14.0. The van der Waals surface area contributed by atoms with Crippen LogP contribution >= 0.6 is 0 Å². The highest BCUT2D eigenvalue weighted by atomic mass is 16.5. The van der Waals surface area contributed by atoms with Crippen LogP contribution in [0, 0.1) is 0 Å². The van der Waals surface area contributed by atoms with Gasteiger partial charge in [-0.2, -0.15) is 0 Å². The highest BCUT2D eigenvalue weighted by Gasteiger charge is 2.23. The Bertz CT molecular complexity index is 1310. The van der Waals surface area contributed by atoms with Crippen LogP contribution in [0.5, 0.6) is 5.75 Å². The molecule has 0 saturated heterocycles. The van der Waals surface area contributed by atoms with Gasteiger partial charge in [0.15, 0.2) is 0 Å². The van der Waals surface area contributed by atoms with E-state index in [1.165, 1.54) is 22.0 Å². The van der Waals surface area contributed by atoms with E-state index in [1.54, 1.807) is 7.11 Å². The maximum atomic E-state index is 13.4. The molecule has 2 atom stereocenters. The molecular formula is C34H43N3O2. The summed E-state index contributed by atoms with van der Waals surface area (Å²) in [6.45, 7) is 10.5. The summed E-state index contributed by atoms with van der Waals surface area (Å²) in [6.07, 6.45) is 4.70. The van der Waals surface area contributed by atoms with Crippen LogP contribution in [0.25, 0.3) is 10.9 Å². The maximum Gasteiger partial charge on any atom is 0.221 e. The normalized spacial score (nSPS) is 12.9. The molecule has 0 bridgehead atoms. The van der Waals surface area contributed by atoms with Crippen LogP contribution in [0.1, 0.15) is 62.6 Å². The number of rotatable bonds is 14. The van der Waals surface area contributed by atoms with Crippen molar-refractivity contribution in [1.82, 2.24) is 14.8 Å². The van der Waals surface area contributed by atoms with Gasteiger partial charge in [0, 0.05) is 42.0 Å². The van der Waals surface area contributed by atoms with Crippen LogP contribution < -0.4 is 10.1 Å². The van der Waals surface area contributed by atoms with Crippen molar-refractivity contribution in [3.8, 4) is 5.75 Å². The van der Waals surface area contributed by atoms with Crippen LogP contribution in [-0.2, 0) is 11.3 Å². The third-order valence-electron chi connectivity index (χ3n) is 7.71. The summed E-state index contributed by atoms with van der Waals surface area (Å²) < 4.78 is 7.72. The highest BCUT2D eigenvalue weighted by molar-refractivity contribution is 5.87. The zero-order chi connectivity index (χ0) is 27.6. The van der Waals surface area contributed by atoms with Crippen molar-refractivity contribution in [3.05, 3.63) is 102 Å². The largest absolute Gasteiger partial charge is 0.497 e. The van der Waals surface area contributed by atoms with Crippen molar-refractivity contribution in [2.24, 2.45) is 0 Å². The maximum absolute atomic E-state index is 13.4. The minimum atomic E-state index is -0.0688. The van der Waals surface area contributed by atoms with Crippen molar-refractivity contribution in [2.45, 2.75) is 58.5 Å². The molecule has 0 radical (unpaired) electrons. The van der Waals surface area contributed by atoms with Gasteiger partial charge in [-0.25, -0.2) is 0 Å². The van der Waals surface area contributed by atoms with E-state index in [9.17, 15) is 4.79 Å². The molecule has 4 aromatic rings. The molecule has 0 aliphatic carbocycles. The van der Waals surface area contributed by atoms with E-state index >= 15 is 0 Å². The first-order valence-electron chi connectivity index (χ1n) is 14.3. The second-order valence-corrected chi connectivity index (χ2v) is 10.4. The van der Waals surface area contributed by atoms with Gasteiger partial charge in [0.05, 0.1) is 7.11 Å². The summed E-state index contributed by atoms with van der Waals surface area (Å²) in [4.78, 5) is 15.9. The average Bonchev–Trinajstić information content (AvgIpc) is 3.32. The Labute approximate surface area is 233 Å². The number of para-hydroxylation sites is 1. The van der Waals surface area contributed by atoms with E-state index in [-0.39, 0.29) is 17.9 Å². The predicted octanol–water partition coefficient (Wildman–Crippen LogP) is 6.85. The summed E-state index contributed by atoms with van der Waals surface area (Å²) >= 11 is 0. The first-order valence-corrected chi connectivity index (χ1v) is 14.3. The lowest BCUT2D eigenvalue weighted by molar-refractivity contribution is -0.121. The van der Waals surface area contributed by atoms with Gasteiger partial charge in [-0.1, -0.05) is 74.5 Å². The number of methoxy groups -OCH3 is 1. The van der Waals surface area contributed by atoms with Crippen LogP contribution in [0.2, 0.25) is 0 Å². The number of aromatic nitrogens is 1. The van der Waals surface area contributed by atoms with E-state index in [2.05, 4.69) is 102 Å². The number of carbonyl (C=O) groups excluding carboxylic acids is 1. The fourth-order valence-electron chi connectivity index (χ4n) is 5.46. The lowest BCUT2D eigenvalue weighted by atomic mass is 9.88. The van der Waals surface area contributed by atoms with E-state index < -0.39 is 0 Å². The van der Waals surface area contributed by atoms with E-state index in [4.69, 9.17) is 4.74 Å². The summed E-state index contributed by atoms with van der Waals surface area (Å²) in [5.41, 5.74) is 4.72. The molecule has 1 heterocycles. The Balaban J connectivity index is 1.59. The van der Waals surface area contributed by atoms with Crippen molar-refractivity contribution < 1.29 is 9.53 Å². The van der Waals surface area contributed by atoms with Crippen LogP contribution in [0.4, 0.5) is 0 Å². The standard InChI is InChI=1S/C34H43N3O2/c1-5-36(6-2)22-12-13-26(3)35-34(38)23-31(28-18-20-29(39-4)21-19-28)32-25-37(24-27-14-8-7-9-15-27)33-17-11-10-16-30(32)33/h7-11,14-21,25-26,31H,5-6,12-13,22-24H2,1-4H3,(H,35,38)/t26-,31-/m1/s1. The number of nitrogens with one attached hydrogen (secondary N) is 1. The van der Waals surface area contributed by atoms with Crippen LogP contribution in [0.3, 0.4) is 0 Å². The number of ether oxygens (including phenoxy) is 1. The predicted molar refractivity (Wildman–Crippen MR) is 162 cm³/mol. The first kappa shape index (κ1) is 28.4. The molecule has 0 fully saturated rings. The number of nitrogens with zero attached hydrogens (tertiary/aromatic N) is 2. The molecule has 0 aliphatic rings. The molecule has 0 unspecified atom stereocenters. The van der Waals surface area contributed by atoms with Gasteiger partial charge < -0.3 is 19.5 Å². The lowest BCUT2D eigenvalue weighted by Crippen LogP contribution is -2.34. The van der Waals surface area contributed by atoms with Crippen LogP contribution in [0.15, 0.2) is 85.1 Å². The van der Waals surface area contributed by atoms with Gasteiger partial charge in [0.2, 0.25) is 5.91 Å². The molecule has 3 aromatic carbocycles. The van der Waals surface area contributed by atoms with Gasteiger partial charge >= 0.3 is 0 Å². The number of hydrogen-bond acceptors (Lipinski definition) is 3. The smallest absolute Gasteiger partial charge is 0.221 e. The van der Waals surface area contributed by atoms with Gasteiger partial charge in [0.25, 0.3) is 0 Å². The minimum absolute atomic E-state index is 0.0688. The zero-order valence-electron chi connectivity index (χ0n) is 23.9. The summed E-state index contributed by atoms with van der Waals surface area (Å²) in [6, 6.07) is 27.3. The number of carbonyl (C=O) groups is 1. The Morgan fingerprint density at radius 1 is 0.949 bits per heavy atom. The van der Waals surface area contributed by atoms with Crippen LogP contribution in [-0.4, -0.2) is 48.2 Å². The Hall–Kier alpha value is -3.57. The molecule has 5 nitrogen and oxygen atoms in total. The highest BCUT2D eigenvalue weighted by Crippen LogP contribution is 2.36. The molecule has 0 saturated carbocycles. The average molecular weight is 526 g/mol. The number of fused-ring (bicyclic) bond motifs is 1. The van der Waals surface area contributed by atoms with Crippen molar-refractivity contribution in [3.63, 3.8) is 0 Å². The van der Waals surface area contributed by atoms with Crippen molar-refractivity contribution >= 4 is 16.8 Å². The quantitative estimate of drug-likeness (QED) is 0.196. The van der Waals surface area contributed by atoms with E-state index in [0.717, 1.165) is 50.3 Å². The molecule has 1 amide bonds. The number of benzene rings is 3. The molecule has 1 aromatic heterocycles. The van der Waals surface area contributed by atoms with Gasteiger partial charge in [-0.05, 0) is 74.3 Å². The fraction of sp³-hybridized carbons (Fsp3) is 0.382. The third-order valence-corrected chi connectivity index (χ3v) is 7.71. The molecular weight excluding hydrogens is 482 g/mol. The number of amides is 1. The molecule has 39 heavy (non-hydrogen) atoms.